The molecule has 1 heterocycles. The van der Waals surface area contributed by atoms with Crippen LogP contribution in [0.4, 0.5) is 0 Å². The maximum atomic E-state index is 8.78. The number of nitrogens with one attached hydrogen (secondary N) is 1. The summed E-state index contributed by atoms with van der Waals surface area (Å²) in [5, 5.41) is 12.5. The van der Waals surface area contributed by atoms with E-state index in [1.54, 1.807) is 0 Å². The van der Waals surface area contributed by atoms with Gasteiger partial charge in [-0.3, -0.25) is 4.90 Å². The number of rotatable bonds is 5. The molecule has 0 bridgehead atoms. The van der Waals surface area contributed by atoms with Gasteiger partial charge in [0, 0.05) is 19.1 Å². The molecule has 3 nitrogen and oxygen atoms in total. The zero-order chi connectivity index (χ0) is 11.4. The predicted octanol–water partition coefficient (Wildman–Crippen LogP) is 1.61. The summed E-state index contributed by atoms with van der Waals surface area (Å²) < 4.78 is 0. The molecule has 2 atom stereocenters. The number of hydrogen-bond acceptors (Lipinski definition) is 3. The van der Waals surface area contributed by atoms with Crippen molar-refractivity contribution in [1.29, 1.82) is 5.26 Å². The molecule has 2 aliphatic rings. The molecule has 16 heavy (non-hydrogen) atoms. The van der Waals surface area contributed by atoms with E-state index in [0.29, 0.717) is 12.6 Å². The molecular weight excluding hydrogens is 198 g/mol. The highest BCUT2D eigenvalue weighted by molar-refractivity contribution is 4.88. The third kappa shape index (κ3) is 3.47. The van der Waals surface area contributed by atoms with Crippen LogP contribution in [0.2, 0.25) is 0 Å². The average Bonchev–Trinajstić information content (AvgIpc) is 3.10. The molecule has 1 saturated carbocycles. The summed E-state index contributed by atoms with van der Waals surface area (Å²) in [4.78, 5) is 2.31. The summed E-state index contributed by atoms with van der Waals surface area (Å²) in [6, 6.07) is 2.90. The molecular formula is C13H23N3. The largest absolute Gasteiger partial charge is 0.312 e. The van der Waals surface area contributed by atoms with Crippen LogP contribution in [-0.4, -0.2) is 37.1 Å². The molecule has 1 saturated heterocycles. The van der Waals surface area contributed by atoms with Gasteiger partial charge in [0.25, 0.3) is 0 Å². The van der Waals surface area contributed by atoms with E-state index in [1.165, 1.54) is 32.2 Å². The Balaban J connectivity index is 1.78. The predicted molar refractivity (Wildman–Crippen MR) is 65.0 cm³/mol. The Morgan fingerprint density at radius 1 is 1.31 bits per heavy atom. The molecule has 0 spiro atoms. The van der Waals surface area contributed by atoms with Crippen LogP contribution < -0.4 is 5.32 Å². The average molecular weight is 221 g/mol. The van der Waals surface area contributed by atoms with Gasteiger partial charge in [-0.25, -0.2) is 0 Å². The third-order valence-electron chi connectivity index (χ3n) is 3.88. The van der Waals surface area contributed by atoms with E-state index in [9.17, 15) is 0 Å². The summed E-state index contributed by atoms with van der Waals surface area (Å²) in [6.45, 7) is 6.24. The van der Waals surface area contributed by atoms with Crippen molar-refractivity contribution in [2.75, 3.05) is 26.2 Å². The minimum Gasteiger partial charge on any atom is -0.312 e. The SMILES string of the molecule is CCC1CC(NCC2CC2)CN(CC#N)C1. The number of piperidine rings is 1. The fraction of sp³-hybridized carbons (Fsp3) is 0.923. The van der Waals surface area contributed by atoms with Gasteiger partial charge in [0.1, 0.15) is 0 Å². The Labute approximate surface area is 98.8 Å². The van der Waals surface area contributed by atoms with Crippen LogP contribution in [0.25, 0.3) is 0 Å². The lowest BCUT2D eigenvalue weighted by atomic mass is 9.92. The van der Waals surface area contributed by atoms with E-state index in [0.717, 1.165) is 24.9 Å². The molecule has 0 aromatic rings. The maximum Gasteiger partial charge on any atom is 0.0866 e. The Bertz CT molecular complexity index is 254. The molecule has 1 aliphatic heterocycles. The molecule has 0 aromatic heterocycles. The Hall–Kier alpha value is -0.590. The number of hydrogen-bond donors (Lipinski definition) is 1. The number of nitrogens with zero attached hydrogens (tertiary/aromatic N) is 2. The Morgan fingerprint density at radius 2 is 2.12 bits per heavy atom. The number of nitriles is 1. The smallest absolute Gasteiger partial charge is 0.0866 e. The number of likely N-dealkylation sites (tertiary alicyclic amines) is 1. The van der Waals surface area contributed by atoms with E-state index in [2.05, 4.69) is 23.2 Å². The lowest BCUT2D eigenvalue weighted by molar-refractivity contribution is 0.152. The first-order valence-electron chi connectivity index (χ1n) is 6.64. The zero-order valence-electron chi connectivity index (χ0n) is 10.3. The van der Waals surface area contributed by atoms with Gasteiger partial charge in [0.15, 0.2) is 0 Å². The molecule has 0 aromatic carbocycles. The molecule has 3 heteroatoms. The van der Waals surface area contributed by atoms with Gasteiger partial charge in [-0.1, -0.05) is 13.3 Å². The highest BCUT2D eigenvalue weighted by atomic mass is 15.2. The monoisotopic (exact) mass is 221 g/mol. The van der Waals surface area contributed by atoms with E-state index >= 15 is 0 Å². The molecule has 2 rings (SSSR count). The highest BCUT2D eigenvalue weighted by Crippen LogP contribution is 2.28. The van der Waals surface area contributed by atoms with Gasteiger partial charge in [-0.2, -0.15) is 5.26 Å². The maximum absolute atomic E-state index is 8.78. The van der Waals surface area contributed by atoms with Gasteiger partial charge < -0.3 is 5.32 Å². The minimum absolute atomic E-state index is 0.595. The fourth-order valence-corrected chi connectivity index (χ4v) is 2.63. The van der Waals surface area contributed by atoms with Crippen LogP contribution in [-0.2, 0) is 0 Å². The second kappa shape index (κ2) is 5.65. The normalized spacial score (nSPS) is 31.2. The third-order valence-corrected chi connectivity index (χ3v) is 3.88. The van der Waals surface area contributed by atoms with Crippen LogP contribution in [0.1, 0.15) is 32.6 Å². The van der Waals surface area contributed by atoms with Crippen molar-refractivity contribution in [2.45, 2.75) is 38.6 Å². The van der Waals surface area contributed by atoms with Crippen LogP contribution in [0.5, 0.6) is 0 Å². The second-order valence-corrected chi connectivity index (χ2v) is 5.41. The Kier molecular flexibility index (Phi) is 4.20. The summed E-state index contributed by atoms with van der Waals surface area (Å²) in [6.07, 6.45) is 5.37. The van der Waals surface area contributed by atoms with E-state index in [1.807, 2.05) is 0 Å². The zero-order valence-corrected chi connectivity index (χ0v) is 10.3. The van der Waals surface area contributed by atoms with Crippen molar-refractivity contribution in [1.82, 2.24) is 10.2 Å². The van der Waals surface area contributed by atoms with Gasteiger partial charge >= 0.3 is 0 Å². The molecule has 0 radical (unpaired) electrons. The van der Waals surface area contributed by atoms with Crippen LogP contribution >= 0.6 is 0 Å². The summed E-state index contributed by atoms with van der Waals surface area (Å²) >= 11 is 0. The second-order valence-electron chi connectivity index (χ2n) is 5.41. The van der Waals surface area contributed by atoms with Gasteiger partial charge in [-0.15, -0.1) is 0 Å². The van der Waals surface area contributed by atoms with Crippen molar-refractivity contribution >= 4 is 0 Å². The fourth-order valence-electron chi connectivity index (χ4n) is 2.63. The van der Waals surface area contributed by atoms with E-state index in [-0.39, 0.29) is 0 Å². The molecule has 2 unspecified atom stereocenters. The molecule has 1 aliphatic carbocycles. The Morgan fingerprint density at radius 3 is 2.75 bits per heavy atom. The van der Waals surface area contributed by atoms with Gasteiger partial charge in [-0.05, 0) is 37.6 Å². The van der Waals surface area contributed by atoms with Gasteiger partial charge in [0.05, 0.1) is 12.6 Å². The van der Waals surface area contributed by atoms with Crippen LogP contribution in [0.3, 0.4) is 0 Å². The first-order chi connectivity index (χ1) is 7.81. The van der Waals surface area contributed by atoms with E-state index in [4.69, 9.17) is 5.26 Å². The lowest BCUT2D eigenvalue weighted by Gasteiger charge is -2.36. The lowest BCUT2D eigenvalue weighted by Crippen LogP contribution is -2.49. The van der Waals surface area contributed by atoms with Crippen molar-refractivity contribution in [3.05, 3.63) is 0 Å². The molecule has 1 N–H and O–H groups in total. The highest BCUT2D eigenvalue weighted by Gasteiger charge is 2.28. The van der Waals surface area contributed by atoms with Gasteiger partial charge in [0.2, 0.25) is 0 Å². The molecule has 2 fully saturated rings. The summed E-state index contributed by atoms with van der Waals surface area (Å²) in [5.74, 6) is 1.73. The molecule has 0 amide bonds. The van der Waals surface area contributed by atoms with Crippen molar-refractivity contribution in [2.24, 2.45) is 11.8 Å². The van der Waals surface area contributed by atoms with Crippen LogP contribution in [0, 0.1) is 23.2 Å². The summed E-state index contributed by atoms with van der Waals surface area (Å²) in [7, 11) is 0. The van der Waals surface area contributed by atoms with Crippen molar-refractivity contribution in [3.8, 4) is 6.07 Å². The standard InChI is InChI=1S/C13H23N3/c1-2-11-7-13(15-8-12-3-4-12)10-16(9-11)6-5-14/h11-13,15H,2-4,6-10H2,1H3. The van der Waals surface area contributed by atoms with E-state index < -0.39 is 0 Å². The topological polar surface area (TPSA) is 39.1 Å². The summed E-state index contributed by atoms with van der Waals surface area (Å²) in [5.41, 5.74) is 0. The van der Waals surface area contributed by atoms with Crippen molar-refractivity contribution < 1.29 is 0 Å². The van der Waals surface area contributed by atoms with Crippen molar-refractivity contribution in [3.63, 3.8) is 0 Å². The first-order valence-corrected chi connectivity index (χ1v) is 6.64. The minimum atomic E-state index is 0.595. The quantitative estimate of drug-likeness (QED) is 0.717. The first kappa shape index (κ1) is 11.9. The van der Waals surface area contributed by atoms with Crippen LogP contribution in [0.15, 0.2) is 0 Å². The molecule has 90 valence electrons.